The van der Waals surface area contributed by atoms with Gasteiger partial charge in [0.1, 0.15) is 12.3 Å². The number of nitrogen functional groups attached to an aromatic ring is 1. The van der Waals surface area contributed by atoms with Crippen LogP contribution in [0.25, 0.3) is 0 Å². The van der Waals surface area contributed by atoms with Gasteiger partial charge in [0.2, 0.25) is 0 Å². The number of rotatable bonds is 7. The van der Waals surface area contributed by atoms with Crippen LogP contribution in [0.3, 0.4) is 0 Å². The zero-order valence-electron chi connectivity index (χ0n) is 11.8. The van der Waals surface area contributed by atoms with Gasteiger partial charge in [0.15, 0.2) is 6.61 Å². The van der Waals surface area contributed by atoms with E-state index in [4.69, 9.17) is 10.5 Å². The molecule has 0 aliphatic heterocycles. The van der Waals surface area contributed by atoms with E-state index in [1.807, 2.05) is 6.92 Å². The Hall–Kier alpha value is -1.92. The van der Waals surface area contributed by atoms with Crippen molar-refractivity contribution in [1.82, 2.24) is 4.90 Å². The largest absolute Gasteiger partial charge is 0.484 e. The second-order valence-electron chi connectivity index (χ2n) is 4.65. The van der Waals surface area contributed by atoms with Crippen LogP contribution in [0, 0.1) is 0 Å². The van der Waals surface area contributed by atoms with E-state index in [-0.39, 0.29) is 6.54 Å². The molecule has 1 aromatic rings. The SMILES string of the molecule is CCCCN(CC(F)(F)F)C(=O)COc1cccc(N)c1. The number of amides is 1. The van der Waals surface area contributed by atoms with Gasteiger partial charge in [-0.3, -0.25) is 4.79 Å². The number of hydrogen-bond acceptors (Lipinski definition) is 3. The van der Waals surface area contributed by atoms with Crippen LogP contribution in [0.1, 0.15) is 19.8 Å². The van der Waals surface area contributed by atoms with Crippen molar-refractivity contribution in [3.63, 3.8) is 0 Å². The highest BCUT2D eigenvalue weighted by atomic mass is 19.4. The average molecular weight is 304 g/mol. The molecule has 0 aromatic heterocycles. The van der Waals surface area contributed by atoms with Crippen LogP contribution in [0.15, 0.2) is 24.3 Å². The molecule has 0 atom stereocenters. The third kappa shape index (κ3) is 6.87. The summed E-state index contributed by atoms with van der Waals surface area (Å²) in [4.78, 5) is 12.6. The maximum atomic E-state index is 12.5. The fourth-order valence-electron chi connectivity index (χ4n) is 1.70. The van der Waals surface area contributed by atoms with Gasteiger partial charge in [-0.25, -0.2) is 0 Å². The number of carbonyl (C=O) groups is 1. The van der Waals surface area contributed by atoms with Crippen molar-refractivity contribution in [2.24, 2.45) is 0 Å². The predicted molar refractivity (Wildman–Crippen MR) is 73.9 cm³/mol. The van der Waals surface area contributed by atoms with E-state index < -0.39 is 25.2 Å². The molecular weight excluding hydrogens is 285 g/mol. The number of nitrogens with zero attached hydrogens (tertiary/aromatic N) is 1. The molecule has 0 bridgehead atoms. The molecule has 0 spiro atoms. The van der Waals surface area contributed by atoms with E-state index >= 15 is 0 Å². The molecular formula is C14H19F3N2O2. The first-order chi connectivity index (χ1) is 9.81. The molecule has 0 unspecified atom stereocenters. The molecule has 0 radical (unpaired) electrons. The molecule has 2 N–H and O–H groups in total. The Balaban J connectivity index is 2.59. The van der Waals surface area contributed by atoms with Crippen molar-refractivity contribution in [1.29, 1.82) is 0 Å². The van der Waals surface area contributed by atoms with Crippen LogP contribution in [-0.2, 0) is 4.79 Å². The van der Waals surface area contributed by atoms with Gasteiger partial charge in [-0.05, 0) is 18.6 Å². The Morgan fingerprint density at radius 2 is 2.10 bits per heavy atom. The van der Waals surface area contributed by atoms with Gasteiger partial charge >= 0.3 is 6.18 Å². The zero-order valence-corrected chi connectivity index (χ0v) is 11.8. The van der Waals surface area contributed by atoms with Crippen molar-refractivity contribution in [2.45, 2.75) is 25.9 Å². The van der Waals surface area contributed by atoms with Gasteiger partial charge in [0, 0.05) is 18.3 Å². The quantitative estimate of drug-likeness (QED) is 0.788. The monoisotopic (exact) mass is 304 g/mol. The maximum absolute atomic E-state index is 12.5. The van der Waals surface area contributed by atoms with E-state index in [1.165, 1.54) is 6.07 Å². The maximum Gasteiger partial charge on any atom is 0.406 e. The van der Waals surface area contributed by atoms with Gasteiger partial charge in [-0.1, -0.05) is 19.4 Å². The van der Waals surface area contributed by atoms with Crippen LogP contribution in [0.5, 0.6) is 5.75 Å². The van der Waals surface area contributed by atoms with Crippen molar-refractivity contribution in [2.75, 3.05) is 25.4 Å². The molecule has 118 valence electrons. The minimum atomic E-state index is -4.42. The highest BCUT2D eigenvalue weighted by Crippen LogP contribution is 2.18. The second-order valence-corrected chi connectivity index (χ2v) is 4.65. The Morgan fingerprint density at radius 3 is 2.67 bits per heavy atom. The third-order valence-electron chi connectivity index (χ3n) is 2.72. The molecule has 0 saturated carbocycles. The predicted octanol–water partition coefficient (Wildman–Crippen LogP) is 2.84. The van der Waals surface area contributed by atoms with Crippen molar-refractivity contribution in [3.05, 3.63) is 24.3 Å². The zero-order chi connectivity index (χ0) is 15.9. The molecule has 7 heteroatoms. The Labute approximate surface area is 121 Å². The van der Waals surface area contributed by atoms with Crippen LogP contribution in [0.4, 0.5) is 18.9 Å². The number of anilines is 1. The Morgan fingerprint density at radius 1 is 1.38 bits per heavy atom. The molecule has 0 fully saturated rings. The minimum Gasteiger partial charge on any atom is -0.484 e. The van der Waals surface area contributed by atoms with Crippen LogP contribution in [0.2, 0.25) is 0 Å². The van der Waals surface area contributed by atoms with E-state index in [0.29, 0.717) is 24.3 Å². The van der Waals surface area contributed by atoms with E-state index in [0.717, 1.165) is 4.90 Å². The van der Waals surface area contributed by atoms with Crippen LogP contribution < -0.4 is 10.5 Å². The van der Waals surface area contributed by atoms with Gasteiger partial charge < -0.3 is 15.4 Å². The fraction of sp³-hybridized carbons (Fsp3) is 0.500. The van der Waals surface area contributed by atoms with Crippen LogP contribution >= 0.6 is 0 Å². The van der Waals surface area contributed by atoms with Gasteiger partial charge in [-0.15, -0.1) is 0 Å². The molecule has 0 aliphatic rings. The first kappa shape index (κ1) is 17.1. The summed E-state index contributed by atoms with van der Waals surface area (Å²) < 4.78 is 42.6. The van der Waals surface area contributed by atoms with Crippen LogP contribution in [-0.4, -0.2) is 36.7 Å². The lowest BCUT2D eigenvalue weighted by atomic mass is 10.3. The highest BCUT2D eigenvalue weighted by molar-refractivity contribution is 5.77. The number of alkyl halides is 3. The molecule has 1 rings (SSSR count). The summed E-state index contributed by atoms with van der Waals surface area (Å²) in [6, 6.07) is 6.38. The fourth-order valence-corrected chi connectivity index (χ4v) is 1.70. The van der Waals surface area contributed by atoms with Gasteiger partial charge in [0.05, 0.1) is 0 Å². The van der Waals surface area contributed by atoms with Crippen molar-refractivity contribution >= 4 is 11.6 Å². The summed E-state index contributed by atoms with van der Waals surface area (Å²) >= 11 is 0. The Kier molecular flexibility index (Phi) is 6.33. The molecule has 4 nitrogen and oxygen atoms in total. The van der Waals surface area contributed by atoms with Crippen molar-refractivity contribution < 1.29 is 22.7 Å². The number of ether oxygens (including phenoxy) is 1. The normalized spacial score (nSPS) is 11.2. The van der Waals surface area contributed by atoms with Gasteiger partial charge in [0.25, 0.3) is 5.91 Å². The van der Waals surface area contributed by atoms with E-state index in [2.05, 4.69) is 0 Å². The number of carbonyl (C=O) groups excluding carboxylic acids is 1. The summed E-state index contributed by atoms with van der Waals surface area (Å²) in [5, 5.41) is 0. The van der Waals surface area contributed by atoms with Crippen molar-refractivity contribution in [3.8, 4) is 5.75 Å². The summed E-state index contributed by atoms with van der Waals surface area (Å²) in [6.45, 7) is 0.212. The molecule has 0 saturated heterocycles. The number of hydrogen-bond donors (Lipinski definition) is 1. The number of unbranched alkanes of at least 4 members (excludes halogenated alkanes) is 1. The molecule has 21 heavy (non-hydrogen) atoms. The minimum absolute atomic E-state index is 0.0646. The third-order valence-corrected chi connectivity index (χ3v) is 2.72. The summed E-state index contributed by atoms with van der Waals surface area (Å²) in [5.74, 6) is -0.339. The molecule has 0 heterocycles. The van der Waals surface area contributed by atoms with Gasteiger partial charge in [-0.2, -0.15) is 13.2 Å². The summed E-state index contributed by atoms with van der Waals surface area (Å²) in [6.07, 6.45) is -3.20. The first-order valence-corrected chi connectivity index (χ1v) is 6.64. The lowest BCUT2D eigenvalue weighted by Crippen LogP contribution is -2.42. The topological polar surface area (TPSA) is 55.6 Å². The van der Waals surface area contributed by atoms with E-state index in [9.17, 15) is 18.0 Å². The number of halogens is 3. The molecule has 1 aromatic carbocycles. The highest BCUT2D eigenvalue weighted by Gasteiger charge is 2.32. The average Bonchev–Trinajstić information content (AvgIpc) is 2.39. The lowest BCUT2D eigenvalue weighted by Gasteiger charge is -2.23. The Bertz CT molecular complexity index is 464. The molecule has 0 aliphatic carbocycles. The second kappa shape index (κ2) is 7.75. The number of nitrogens with two attached hydrogens (primary N) is 1. The summed E-state index contributed by atoms with van der Waals surface area (Å²) in [7, 11) is 0. The first-order valence-electron chi connectivity index (χ1n) is 6.64. The molecule has 1 amide bonds. The summed E-state index contributed by atoms with van der Waals surface area (Å²) in [5.41, 5.74) is 6.01. The standard InChI is InChI=1S/C14H19F3N2O2/c1-2-3-7-19(10-14(15,16)17)13(20)9-21-12-6-4-5-11(18)8-12/h4-6,8H,2-3,7,9-10,18H2,1H3. The smallest absolute Gasteiger partial charge is 0.406 e. The van der Waals surface area contributed by atoms with E-state index in [1.54, 1.807) is 18.2 Å². The number of benzene rings is 1. The lowest BCUT2D eigenvalue weighted by molar-refractivity contribution is -0.162.